The summed E-state index contributed by atoms with van der Waals surface area (Å²) >= 11 is 5.40. The SMILES string of the molecule is CCCCCCCCCCCCCCCOC(=S)CCCCCCCCCCCCC. The summed E-state index contributed by atoms with van der Waals surface area (Å²) < 4.78 is 5.77. The maximum atomic E-state index is 5.77. The molecule has 0 atom stereocenters. The van der Waals surface area contributed by atoms with Crippen LogP contribution in [0.5, 0.6) is 0 Å². The van der Waals surface area contributed by atoms with Crippen molar-refractivity contribution in [3.63, 3.8) is 0 Å². The highest BCUT2D eigenvalue weighted by molar-refractivity contribution is 7.80. The lowest BCUT2D eigenvalue weighted by Gasteiger charge is -2.08. The fourth-order valence-electron chi connectivity index (χ4n) is 4.31. The first-order valence-electron chi connectivity index (χ1n) is 14.5. The van der Waals surface area contributed by atoms with Gasteiger partial charge in [0, 0.05) is 6.42 Å². The minimum absolute atomic E-state index is 0.842. The number of hydrogen-bond donors (Lipinski definition) is 0. The molecule has 0 spiro atoms. The molecule has 0 radical (unpaired) electrons. The molecule has 0 N–H and O–H groups in total. The Morgan fingerprint density at radius 3 is 1.06 bits per heavy atom. The first kappa shape index (κ1) is 30.9. The Bertz CT molecular complexity index is 342. The van der Waals surface area contributed by atoms with E-state index in [1.807, 2.05) is 0 Å². The number of unbranched alkanes of at least 4 members (excludes halogenated alkanes) is 22. The molecule has 0 aromatic rings. The van der Waals surface area contributed by atoms with Crippen LogP contribution in [0, 0.1) is 0 Å². The van der Waals surface area contributed by atoms with Crippen LogP contribution in [0.3, 0.4) is 0 Å². The van der Waals surface area contributed by atoms with E-state index in [0.29, 0.717) is 0 Å². The summed E-state index contributed by atoms with van der Waals surface area (Å²) in [5.74, 6) is 0. The van der Waals surface area contributed by atoms with Gasteiger partial charge in [0.05, 0.1) is 6.61 Å². The van der Waals surface area contributed by atoms with E-state index in [1.54, 1.807) is 0 Å². The zero-order valence-corrected chi connectivity index (χ0v) is 22.5. The predicted octanol–water partition coefficient (Wildman–Crippen LogP) is 11.1. The van der Waals surface area contributed by atoms with Gasteiger partial charge in [0.15, 0.2) is 5.05 Å². The Hall–Kier alpha value is -0.110. The normalized spacial score (nSPS) is 11.2. The third-order valence-electron chi connectivity index (χ3n) is 6.50. The van der Waals surface area contributed by atoms with Crippen LogP contribution in [-0.4, -0.2) is 11.7 Å². The Kier molecular flexibility index (Phi) is 27.8. The maximum Gasteiger partial charge on any atom is 0.159 e. The smallest absolute Gasteiger partial charge is 0.159 e. The van der Waals surface area contributed by atoms with Gasteiger partial charge in [-0.3, -0.25) is 0 Å². The van der Waals surface area contributed by atoms with Gasteiger partial charge in [0.1, 0.15) is 0 Å². The Labute approximate surface area is 202 Å². The molecule has 0 amide bonds. The van der Waals surface area contributed by atoms with Crippen LogP contribution in [0.1, 0.15) is 174 Å². The van der Waals surface area contributed by atoms with Crippen LogP contribution in [0.4, 0.5) is 0 Å². The standard InChI is InChI=1S/C29H58OS/c1-3-5-7-9-11-13-15-16-18-20-22-24-26-28-30-29(31)27-25-23-21-19-17-14-12-10-8-6-4-2/h3-28H2,1-2H3. The van der Waals surface area contributed by atoms with Crippen molar-refractivity contribution in [3.05, 3.63) is 0 Å². The number of hydrogen-bond acceptors (Lipinski definition) is 2. The predicted molar refractivity (Wildman–Crippen MR) is 145 cm³/mol. The Morgan fingerprint density at radius 1 is 0.419 bits per heavy atom. The van der Waals surface area contributed by atoms with Crippen LogP contribution in [0.25, 0.3) is 0 Å². The first-order valence-corrected chi connectivity index (χ1v) is 14.9. The van der Waals surface area contributed by atoms with Gasteiger partial charge in [-0.25, -0.2) is 0 Å². The maximum absolute atomic E-state index is 5.77. The fraction of sp³-hybridized carbons (Fsp3) is 0.966. The van der Waals surface area contributed by atoms with Gasteiger partial charge in [0.2, 0.25) is 0 Å². The molecule has 0 saturated heterocycles. The molecular weight excluding hydrogens is 396 g/mol. The molecule has 2 heteroatoms. The number of thiocarbonyl (C=S) groups is 1. The molecule has 0 fully saturated rings. The average Bonchev–Trinajstić information content (AvgIpc) is 2.77. The van der Waals surface area contributed by atoms with Gasteiger partial charge in [0.25, 0.3) is 0 Å². The molecule has 31 heavy (non-hydrogen) atoms. The van der Waals surface area contributed by atoms with Crippen molar-refractivity contribution in [2.24, 2.45) is 0 Å². The summed E-state index contributed by atoms with van der Waals surface area (Å²) in [5, 5.41) is 0.856. The van der Waals surface area contributed by atoms with Crippen molar-refractivity contribution >= 4 is 17.3 Å². The highest BCUT2D eigenvalue weighted by Crippen LogP contribution is 2.14. The van der Waals surface area contributed by atoms with Crippen molar-refractivity contribution in [1.29, 1.82) is 0 Å². The largest absolute Gasteiger partial charge is 0.487 e. The minimum atomic E-state index is 0.842. The molecule has 0 saturated carbocycles. The number of ether oxygens (including phenoxy) is 1. The Morgan fingerprint density at radius 2 is 0.710 bits per heavy atom. The van der Waals surface area contributed by atoms with E-state index >= 15 is 0 Å². The molecule has 0 heterocycles. The number of rotatable bonds is 26. The summed E-state index contributed by atoms with van der Waals surface area (Å²) in [6.07, 6.45) is 34.4. The molecule has 0 unspecified atom stereocenters. The van der Waals surface area contributed by atoms with Crippen molar-refractivity contribution in [2.45, 2.75) is 174 Å². The highest BCUT2D eigenvalue weighted by Gasteiger charge is 1.99. The van der Waals surface area contributed by atoms with Gasteiger partial charge in [-0.15, -0.1) is 0 Å². The molecule has 0 aliphatic carbocycles. The third kappa shape index (κ3) is 27.9. The molecular formula is C29H58OS. The minimum Gasteiger partial charge on any atom is -0.487 e. The second-order valence-electron chi connectivity index (χ2n) is 9.75. The molecule has 1 nitrogen and oxygen atoms in total. The van der Waals surface area contributed by atoms with E-state index in [0.717, 1.165) is 18.1 Å². The van der Waals surface area contributed by atoms with Crippen molar-refractivity contribution in [3.8, 4) is 0 Å². The molecule has 0 aromatic carbocycles. The monoisotopic (exact) mass is 454 g/mol. The van der Waals surface area contributed by atoms with Gasteiger partial charge in [-0.05, 0) is 25.1 Å². The summed E-state index contributed by atoms with van der Waals surface area (Å²) in [6, 6.07) is 0. The Balaban J connectivity index is 3.13. The van der Waals surface area contributed by atoms with Gasteiger partial charge in [-0.2, -0.15) is 0 Å². The van der Waals surface area contributed by atoms with Crippen LogP contribution >= 0.6 is 12.2 Å². The fourth-order valence-corrected chi connectivity index (χ4v) is 4.54. The lowest BCUT2D eigenvalue weighted by Crippen LogP contribution is -2.03. The van der Waals surface area contributed by atoms with Crippen LogP contribution < -0.4 is 0 Å². The van der Waals surface area contributed by atoms with Gasteiger partial charge in [-0.1, -0.05) is 155 Å². The van der Waals surface area contributed by atoms with Crippen molar-refractivity contribution in [1.82, 2.24) is 0 Å². The lowest BCUT2D eigenvalue weighted by atomic mass is 10.0. The lowest BCUT2D eigenvalue weighted by molar-refractivity contribution is 0.290. The van der Waals surface area contributed by atoms with Gasteiger partial charge < -0.3 is 4.74 Å². The van der Waals surface area contributed by atoms with Crippen LogP contribution in [-0.2, 0) is 4.74 Å². The topological polar surface area (TPSA) is 9.23 Å². The molecule has 0 aliphatic heterocycles. The van der Waals surface area contributed by atoms with Crippen molar-refractivity contribution < 1.29 is 4.74 Å². The summed E-state index contributed by atoms with van der Waals surface area (Å²) in [7, 11) is 0. The van der Waals surface area contributed by atoms with E-state index in [1.165, 1.54) is 154 Å². The average molecular weight is 455 g/mol. The zero-order chi connectivity index (χ0) is 22.7. The second-order valence-corrected chi connectivity index (χ2v) is 10.2. The van der Waals surface area contributed by atoms with E-state index < -0.39 is 0 Å². The van der Waals surface area contributed by atoms with E-state index in [9.17, 15) is 0 Å². The van der Waals surface area contributed by atoms with E-state index in [4.69, 9.17) is 17.0 Å². The van der Waals surface area contributed by atoms with Crippen LogP contribution in [0.2, 0.25) is 0 Å². The summed E-state index contributed by atoms with van der Waals surface area (Å²) in [4.78, 5) is 0. The second kappa shape index (κ2) is 27.9. The highest BCUT2D eigenvalue weighted by atomic mass is 32.1. The molecule has 0 aliphatic rings. The molecule has 0 aromatic heterocycles. The molecule has 0 bridgehead atoms. The summed E-state index contributed by atoms with van der Waals surface area (Å²) in [6.45, 7) is 5.42. The van der Waals surface area contributed by atoms with E-state index in [2.05, 4.69) is 13.8 Å². The quantitative estimate of drug-likeness (QED) is 0.0948. The van der Waals surface area contributed by atoms with E-state index in [-0.39, 0.29) is 0 Å². The zero-order valence-electron chi connectivity index (χ0n) is 21.7. The molecule has 0 rings (SSSR count). The first-order chi connectivity index (χ1) is 15.3. The molecule has 186 valence electrons. The van der Waals surface area contributed by atoms with Crippen LogP contribution in [0.15, 0.2) is 0 Å². The van der Waals surface area contributed by atoms with Crippen molar-refractivity contribution in [2.75, 3.05) is 6.61 Å². The third-order valence-corrected chi connectivity index (χ3v) is 6.82. The summed E-state index contributed by atoms with van der Waals surface area (Å²) in [5.41, 5.74) is 0. The van der Waals surface area contributed by atoms with Gasteiger partial charge >= 0.3 is 0 Å².